The lowest BCUT2D eigenvalue weighted by Crippen LogP contribution is -2.28. The van der Waals surface area contributed by atoms with Gasteiger partial charge in [0.2, 0.25) is 15.6 Å². The summed E-state index contributed by atoms with van der Waals surface area (Å²) in [6.45, 7) is -0.349. The molecule has 0 atom stereocenters. The number of benzene rings is 2. The van der Waals surface area contributed by atoms with Crippen molar-refractivity contribution in [2.45, 2.75) is 17.6 Å². The molecule has 0 aliphatic carbocycles. The second-order valence-electron chi connectivity index (χ2n) is 5.50. The Bertz CT molecular complexity index is 1120. The molecule has 0 fully saturated rings. The number of nitrogens with one attached hydrogen (secondary N) is 2. The van der Waals surface area contributed by atoms with Gasteiger partial charge < -0.3 is 4.42 Å². The van der Waals surface area contributed by atoms with E-state index in [4.69, 9.17) is 9.83 Å². The minimum Gasteiger partial charge on any atom is -0.438 e. The van der Waals surface area contributed by atoms with E-state index in [-0.39, 0.29) is 17.0 Å². The SMILES string of the molecule is N=c1oc2ccccc2cc1S(=O)(=O)NCc1cccc(C(F)(F)F)c1. The number of hydrogen-bond donors (Lipinski definition) is 2. The first kappa shape index (κ1) is 18.2. The first-order chi connectivity index (χ1) is 12.2. The van der Waals surface area contributed by atoms with Crippen LogP contribution in [0.5, 0.6) is 0 Å². The van der Waals surface area contributed by atoms with E-state index in [1.165, 1.54) is 18.2 Å². The van der Waals surface area contributed by atoms with E-state index in [0.717, 1.165) is 12.1 Å². The van der Waals surface area contributed by atoms with Crippen LogP contribution in [0, 0.1) is 5.41 Å². The van der Waals surface area contributed by atoms with E-state index in [1.54, 1.807) is 24.3 Å². The van der Waals surface area contributed by atoms with Crippen LogP contribution < -0.4 is 10.3 Å². The van der Waals surface area contributed by atoms with Crippen LogP contribution in [-0.2, 0) is 22.7 Å². The van der Waals surface area contributed by atoms with Crippen molar-refractivity contribution in [2.75, 3.05) is 0 Å². The van der Waals surface area contributed by atoms with Gasteiger partial charge in [-0.25, -0.2) is 13.1 Å². The highest BCUT2D eigenvalue weighted by Crippen LogP contribution is 2.29. The highest BCUT2D eigenvalue weighted by molar-refractivity contribution is 7.89. The molecule has 5 nitrogen and oxygen atoms in total. The van der Waals surface area contributed by atoms with E-state index in [0.29, 0.717) is 11.0 Å². The van der Waals surface area contributed by atoms with Crippen molar-refractivity contribution in [1.29, 1.82) is 5.41 Å². The van der Waals surface area contributed by atoms with E-state index in [1.807, 2.05) is 0 Å². The number of rotatable bonds is 4. The molecule has 0 bridgehead atoms. The van der Waals surface area contributed by atoms with Crippen molar-refractivity contribution < 1.29 is 26.0 Å². The zero-order valence-electron chi connectivity index (χ0n) is 13.2. The summed E-state index contributed by atoms with van der Waals surface area (Å²) in [6, 6.07) is 12.2. The monoisotopic (exact) mass is 382 g/mol. The standard InChI is InChI=1S/C17H13F3N2O3S/c18-17(19,20)13-6-3-4-11(8-13)10-22-26(23,24)15-9-12-5-1-2-7-14(12)25-16(15)21/h1-9,21-22H,10H2. The maximum Gasteiger partial charge on any atom is 0.416 e. The van der Waals surface area contributed by atoms with Crippen LogP contribution in [0.4, 0.5) is 13.2 Å². The summed E-state index contributed by atoms with van der Waals surface area (Å²) in [6.07, 6.45) is -4.51. The van der Waals surface area contributed by atoms with Gasteiger partial charge in [-0.1, -0.05) is 36.4 Å². The molecule has 0 unspecified atom stereocenters. The van der Waals surface area contributed by atoms with E-state index < -0.39 is 27.3 Å². The van der Waals surface area contributed by atoms with Crippen molar-refractivity contribution in [2.24, 2.45) is 0 Å². The predicted octanol–water partition coefficient (Wildman–Crippen LogP) is 3.41. The second-order valence-corrected chi connectivity index (χ2v) is 7.24. The van der Waals surface area contributed by atoms with Crippen LogP contribution >= 0.6 is 0 Å². The summed E-state index contributed by atoms with van der Waals surface area (Å²) in [7, 11) is -4.14. The van der Waals surface area contributed by atoms with E-state index in [9.17, 15) is 21.6 Å². The lowest BCUT2D eigenvalue weighted by molar-refractivity contribution is -0.137. The Morgan fingerprint density at radius 2 is 1.77 bits per heavy atom. The average molecular weight is 382 g/mol. The summed E-state index contributed by atoms with van der Waals surface area (Å²) in [5.41, 5.74) is -0.918. The highest BCUT2D eigenvalue weighted by atomic mass is 32.2. The summed E-state index contributed by atoms with van der Waals surface area (Å²) in [4.78, 5) is -0.386. The van der Waals surface area contributed by atoms with Gasteiger partial charge in [0.25, 0.3) is 0 Å². The first-order valence-electron chi connectivity index (χ1n) is 7.40. The van der Waals surface area contributed by atoms with E-state index in [2.05, 4.69) is 4.72 Å². The van der Waals surface area contributed by atoms with E-state index >= 15 is 0 Å². The zero-order chi connectivity index (χ0) is 18.9. The Labute approximate surface area is 146 Å². The molecule has 0 saturated heterocycles. The molecular formula is C17H13F3N2O3S. The fourth-order valence-corrected chi connectivity index (χ4v) is 3.45. The highest BCUT2D eigenvalue weighted by Gasteiger charge is 2.30. The molecule has 2 aromatic carbocycles. The summed E-state index contributed by atoms with van der Waals surface area (Å²) in [5.74, 6) is 0. The fourth-order valence-electron chi connectivity index (χ4n) is 2.37. The van der Waals surface area contributed by atoms with Gasteiger partial charge in [-0.05, 0) is 23.8 Å². The molecule has 0 aliphatic rings. The molecule has 0 aliphatic heterocycles. The van der Waals surface area contributed by atoms with Gasteiger partial charge in [0.05, 0.1) is 5.56 Å². The normalized spacial score (nSPS) is 12.4. The minimum atomic E-state index is -4.51. The Balaban J connectivity index is 1.88. The van der Waals surface area contributed by atoms with Gasteiger partial charge in [0.1, 0.15) is 10.5 Å². The molecule has 0 radical (unpaired) electrons. The molecule has 0 amide bonds. The summed E-state index contributed by atoms with van der Waals surface area (Å²) >= 11 is 0. The quantitative estimate of drug-likeness (QED) is 0.725. The van der Waals surface area contributed by atoms with Gasteiger partial charge in [0.15, 0.2) is 0 Å². The Morgan fingerprint density at radius 3 is 2.50 bits per heavy atom. The number of halogens is 3. The third-order valence-corrected chi connectivity index (χ3v) is 5.06. The maximum absolute atomic E-state index is 12.7. The number of fused-ring (bicyclic) bond motifs is 1. The first-order valence-corrected chi connectivity index (χ1v) is 8.88. The molecule has 2 N–H and O–H groups in total. The molecule has 0 spiro atoms. The Morgan fingerprint density at radius 1 is 1.04 bits per heavy atom. The lowest BCUT2D eigenvalue weighted by atomic mass is 10.1. The van der Waals surface area contributed by atoms with Gasteiger partial charge in [-0.15, -0.1) is 0 Å². The predicted molar refractivity (Wildman–Crippen MR) is 87.5 cm³/mol. The number of hydrogen-bond acceptors (Lipinski definition) is 4. The number of sulfonamides is 1. The molecule has 9 heteroatoms. The smallest absolute Gasteiger partial charge is 0.416 e. The van der Waals surface area contributed by atoms with Gasteiger partial charge in [0, 0.05) is 11.9 Å². The van der Waals surface area contributed by atoms with Crippen LogP contribution in [0.1, 0.15) is 11.1 Å². The molecule has 1 aromatic heterocycles. The Hall–Kier alpha value is -2.65. The fraction of sp³-hybridized carbons (Fsp3) is 0.118. The third kappa shape index (κ3) is 3.78. The van der Waals surface area contributed by atoms with Crippen molar-refractivity contribution in [3.05, 3.63) is 71.3 Å². The largest absolute Gasteiger partial charge is 0.438 e. The summed E-state index contributed by atoms with van der Waals surface area (Å²) < 4.78 is 70.5. The van der Waals surface area contributed by atoms with Gasteiger partial charge in [-0.2, -0.15) is 13.2 Å². The topological polar surface area (TPSA) is 83.2 Å². The van der Waals surface area contributed by atoms with Crippen molar-refractivity contribution >= 4 is 21.0 Å². The van der Waals surface area contributed by atoms with Crippen molar-refractivity contribution in [3.8, 4) is 0 Å². The lowest BCUT2D eigenvalue weighted by Gasteiger charge is -2.10. The van der Waals surface area contributed by atoms with Crippen LogP contribution in [0.3, 0.4) is 0 Å². The van der Waals surface area contributed by atoms with Crippen LogP contribution in [0.2, 0.25) is 0 Å². The summed E-state index contributed by atoms with van der Waals surface area (Å²) in [5, 5.41) is 8.26. The second kappa shape index (κ2) is 6.58. The molecule has 26 heavy (non-hydrogen) atoms. The molecule has 3 aromatic rings. The van der Waals surface area contributed by atoms with Crippen LogP contribution in [0.25, 0.3) is 11.0 Å². The van der Waals surface area contributed by atoms with Crippen molar-refractivity contribution in [3.63, 3.8) is 0 Å². The Kier molecular flexibility index (Phi) is 4.59. The molecule has 0 saturated carbocycles. The minimum absolute atomic E-state index is 0.146. The number of para-hydroxylation sites is 1. The van der Waals surface area contributed by atoms with Gasteiger partial charge >= 0.3 is 6.18 Å². The van der Waals surface area contributed by atoms with Crippen LogP contribution in [0.15, 0.2) is 63.9 Å². The van der Waals surface area contributed by atoms with Crippen molar-refractivity contribution in [1.82, 2.24) is 4.72 Å². The molecule has 136 valence electrons. The number of alkyl halides is 3. The van der Waals surface area contributed by atoms with Crippen LogP contribution in [-0.4, -0.2) is 8.42 Å². The molecule has 1 heterocycles. The third-order valence-electron chi connectivity index (χ3n) is 3.65. The molecule has 3 rings (SSSR count). The maximum atomic E-state index is 12.7. The zero-order valence-corrected chi connectivity index (χ0v) is 14.0. The van der Waals surface area contributed by atoms with Gasteiger partial charge in [-0.3, -0.25) is 5.41 Å². The molecular weight excluding hydrogens is 369 g/mol. The average Bonchev–Trinajstić information content (AvgIpc) is 2.59.